The van der Waals surface area contributed by atoms with E-state index in [9.17, 15) is 9.59 Å². The second-order valence-corrected chi connectivity index (χ2v) is 7.02. The maximum absolute atomic E-state index is 11.1. The minimum absolute atomic E-state index is 0.0996. The SMILES string of the molecule is O=C(Cl)C1CCC(CC2CCC(C(=O)Cl)CC2)CC1. The van der Waals surface area contributed by atoms with E-state index >= 15 is 0 Å². The summed E-state index contributed by atoms with van der Waals surface area (Å²) in [6.07, 6.45) is 9.65. The summed E-state index contributed by atoms with van der Waals surface area (Å²) < 4.78 is 0. The van der Waals surface area contributed by atoms with Crippen LogP contribution in [0.3, 0.4) is 0 Å². The lowest BCUT2D eigenvalue weighted by atomic mass is 9.73. The number of carbonyl (C=O) groups excluding carboxylic acids is 2. The summed E-state index contributed by atoms with van der Waals surface area (Å²) in [7, 11) is 0. The van der Waals surface area contributed by atoms with Crippen molar-refractivity contribution in [3.05, 3.63) is 0 Å². The first-order valence-corrected chi connectivity index (χ1v) is 8.20. The third-order valence-electron chi connectivity index (χ3n) is 5.00. The van der Waals surface area contributed by atoms with Gasteiger partial charge in [0.25, 0.3) is 0 Å². The van der Waals surface area contributed by atoms with Gasteiger partial charge in [0.1, 0.15) is 0 Å². The van der Waals surface area contributed by atoms with Gasteiger partial charge in [-0.2, -0.15) is 0 Å². The van der Waals surface area contributed by atoms with Crippen LogP contribution >= 0.6 is 23.2 Å². The molecule has 0 aromatic carbocycles. The number of carbonyl (C=O) groups is 2. The Bertz CT molecular complexity index is 295. The average molecular weight is 305 g/mol. The lowest BCUT2D eigenvalue weighted by Crippen LogP contribution is -2.23. The molecule has 0 unspecified atom stereocenters. The third kappa shape index (κ3) is 4.46. The van der Waals surface area contributed by atoms with Crippen molar-refractivity contribution in [1.29, 1.82) is 0 Å². The van der Waals surface area contributed by atoms with Crippen LogP contribution in [0.5, 0.6) is 0 Å². The van der Waals surface area contributed by atoms with Gasteiger partial charge in [0.2, 0.25) is 10.5 Å². The quantitative estimate of drug-likeness (QED) is 0.716. The summed E-state index contributed by atoms with van der Waals surface area (Å²) in [5, 5.41) is -0.306. The standard InChI is InChI=1S/C15H22Cl2O2/c16-14(18)12-5-1-10(2-6-12)9-11-3-7-13(8-4-11)15(17)19/h10-13H,1-9H2. The van der Waals surface area contributed by atoms with E-state index in [2.05, 4.69) is 0 Å². The number of rotatable bonds is 4. The predicted octanol–water partition coefficient (Wildman–Crippen LogP) is 4.52. The van der Waals surface area contributed by atoms with Gasteiger partial charge in [-0.25, -0.2) is 0 Å². The second-order valence-electron chi connectivity index (χ2n) is 6.28. The molecule has 2 fully saturated rings. The monoisotopic (exact) mass is 304 g/mol. The highest BCUT2D eigenvalue weighted by molar-refractivity contribution is 6.64. The summed E-state index contributed by atoms with van der Waals surface area (Å²) in [6.45, 7) is 0. The van der Waals surface area contributed by atoms with Crippen LogP contribution in [-0.2, 0) is 9.59 Å². The molecule has 0 aromatic heterocycles. The van der Waals surface area contributed by atoms with E-state index in [1.165, 1.54) is 6.42 Å². The molecule has 2 aliphatic rings. The van der Waals surface area contributed by atoms with Gasteiger partial charge in [-0.15, -0.1) is 0 Å². The molecule has 0 aromatic rings. The molecule has 0 bridgehead atoms. The number of hydrogen-bond acceptors (Lipinski definition) is 2. The van der Waals surface area contributed by atoms with Gasteiger partial charge in [0, 0.05) is 11.8 Å². The van der Waals surface area contributed by atoms with Crippen molar-refractivity contribution in [2.45, 2.75) is 57.8 Å². The van der Waals surface area contributed by atoms with Crippen LogP contribution in [-0.4, -0.2) is 10.5 Å². The third-order valence-corrected chi connectivity index (χ3v) is 5.62. The maximum atomic E-state index is 11.1. The molecule has 2 aliphatic carbocycles. The zero-order chi connectivity index (χ0) is 13.8. The molecule has 4 heteroatoms. The molecule has 0 aliphatic heterocycles. The van der Waals surface area contributed by atoms with Gasteiger partial charge in [0.15, 0.2) is 0 Å². The number of halogens is 2. The molecule has 0 radical (unpaired) electrons. The first-order valence-electron chi connectivity index (χ1n) is 7.45. The number of hydrogen-bond donors (Lipinski definition) is 0. The zero-order valence-electron chi connectivity index (χ0n) is 11.2. The topological polar surface area (TPSA) is 34.1 Å². The predicted molar refractivity (Wildman–Crippen MR) is 77.2 cm³/mol. The van der Waals surface area contributed by atoms with Crippen LogP contribution in [0.1, 0.15) is 57.8 Å². The Hall–Kier alpha value is -0.0800. The molecule has 2 rings (SSSR count). The van der Waals surface area contributed by atoms with Crippen molar-refractivity contribution in [1.82, 2.24) is 0 Å². The van der Waals surface area contributed by atoms with Crippen molar-refractivity contribution >= 4 is 33.7 Å². The van der Waals surface area contributed by atoms with E-state index in [0.29, 0.717) is 0 Å². The normalized spacial score (nSPS) is 35.9. The maximum Gasteiger partial charge on any atom is 0.224 e. The Morgan fingerprint density at radius 1 is 0.684 bits per heavy atom. The molecule has 108 valence electrons. The average Bonchev–Trinajstić information content (AvgIpc) is 2.40. The van der Waals surface area contributed by atoms with Crippen molar-refractivity contribution in [2.24, 2.45) is 23.7 Å². The van der Waals surface area contributed by atoms with E-state index in [1.54, 1.807) is 0 Å². The van der Waals surface area contributed by atoms with Crippen molar-refractivity contribution in [3.8, 4) is 0 Å². The van der Waals surface area contributed by atoms with Crippen molar-refractivity contribution < 1.29 is 9.59 Å². The lowest BCUT2D eigenvalue weighted by Gasteiger charge is -2.32. The van der Waals surface area contributed by atoms with E-state index < -0.39 is 0 Å². The van der Waals surface area contributed by atoms with Gasteiger partial charge in [-0.3, -0.25) is 9.59 Å². The van der Waals surface area contributed by atoms with Crippen LogP contribution in [0, 0.1) is 23.7 Å². The fourth-order valence-corrected chi connectivity index (χ4v) is 4.16. The van der Waals surface area contributed by atoms with Gasteiger partial charge >= 0.3 is 0 Å². The molecule has 0 amide bonds. The highest BCUT2D eigenvalue weighted by Crippen LogP contribution is 2.39. The molecule has 19 heavy (non-hydrogen) atoms. The van der Waals surface area contributed by atoms with E-state index in [-0.39, 0.29) is 22.3 Å². The Kier molecular flexibility index (Phi) is 5.70. The van der Waals surface area contributed by atoms with Crippen LogP contribution in [0.2, 0.25) is 0 Å². The molecule has 0 atom stereocenters. The Labute approximate surface area is 125 Å². The minimum atomic E-state index is -0.153. The van der Waals surface area contributed by atoms with Crippen LogP contribution in [0.15, 0.2) is 0 Å². The highest BCUT2D eigenvalue weighted by Gasteiger charge is 2.30. The summed E-state index contributed by atoms with van der Waals surface area (Å²) in [5.41, 5.74) is 0. The summed E-state index contributed by atoms with van der Waals surface area (Å²) in [4.78, 5) is 22.2. The van der Waals surface area contributed by atoms with Gasteiger partial charge in [0.05, 0.1) is 0 Å². The molecular formula is C15H22Cl2O2. The smallest absolute Gasteiger partial charge is 0.224 e. The van der Waals surface area contributed by atoms with Gasteiger partial charge in [-0.1, -0.05) is 0 Å². The van der Waals surface area contributed by atoms with Crippen LogP contribution < -0.4 is 0 Å². The minimum Gasteiger partial charge on any atom is -0.281 e. The molecule has 0 heterocycles. The first kappa shape index (κ1) is 15.3. The fraction of sp³-hybridized carbons (Fsp3) is 0.867. The molecule has 0 N–H and O–H groups in total. The Balaban J connectivity index is 1.69. The molecule has 0 spiro atoms. The fourth-order valence-electron chi connectivity index (χ4n) is 3.72. The van der Waals surface area contributed by atoms with E-state index in [1.807, 2.05) is 0 Å². The van der Waals surface area contributed by atoms with E-state index in [0.717, 1.165) is 63.2 Å². The Morgan fingerprint density at radius 2 is 1.00 bits per heavy atom. The van der Waals surface area contributed by atoms with Gasteiger partial charge < -0.3 is 0 Å². The summed E-state index contributed by atoms with van der Waals surface area (Å²) >= 11 is 11.1. The summed E-state index contributed by atoms with van der Waals surface area (Å²) in [6, 6.07) is 0. The first-order chi connectivity index (χ1) is 9.06. The zero-order valence-corrected chi connectivity index (χ0v) is 12.8. The molecular weight excluding hydrogens is 283 g/mol. The molecule has 2 saturated carbocycles. The molecule has 0 saturated heterocycles. The Morgan fingerprint density at radius 3 is 1.26 bits per heavy atom. The van der Waals surface area contributed by atoms with Crippen LogP contribution in [0.4, 0.5) is 0 Å². The highest BCUT2D eigenvalue weighted by atomic mass is 35.5. The van der Waals surface area contributed by atoms with Crippen molar-refractivity contribution in [3.63, 3.8) is 0 Å². The largest absolute Gasteiger partial charge is 0.281 e. The summed E-state index contributed by atoms with van der Waals surface area (Å²) in [5.74, 6) is 1.70. The van der Waals surface area contributed by atoms with Crippen molar-refractivity contribution in [2.75, 3.05) is 0 Å². The molecule has 2 nitrogen and oxygen atoms in total. The van der Waals surface area contributed by atoms with E-state index in [4.69, 9.17) is 23.2 Å². The second kappa shape index (κ2) is 7.08. The van der Waals surface area contributed by atoms with Crippen LogP contribution in [0.25, 0.3) is 0 Å². The van der Waals surface area contributed by atoms with Gasteiger partial charge in [-0.05, 0) is 92.8 Å². The lowest BCUT2D eigenvalue weighted by molar-refractivity contribution is -0.116.